The number of thiazole rings is 1. The minimum atomic E-state index is -3.26. The third-order valence-electron chi connectivity index (χ3n) is 8.94. The summed E-state index contributed by atoms with van der Waals surface area (Å²) in [6, 6.07) is 6.16. The Morgan fingerprint density at radius 2 is 1.87 bits per heavy atom. The van der Waals surface area contributed by atoms with Crippen molar-refractivity contribution in [1.82, 2.24) is 24.9 Å². The lowest BCUT2D eigenvalue weighted by Gasteiger charge is -2.25. The van der Waals surface area contributed by atoms with Crippen LogP contribution in [0.15, 0.2) is 41.0 Å². The maximum atomic E-state index is 12.4. The van der Waals surface area contributed by atoms with Gasteiger partial charge in [-0.3, -0.25) is 23.9 Å². The summed E-state index contributed by atoms with van der Waals surface area (Å²) in [4.78, 5) is 53.5. The summed E-state index contributed by atoms with van der Waals surface area (Å²) in [7, 11) is -1.62. The van der Waals surface area contributed by atoms with Crippen LogP contribution in [0.4, 0.5) is 0 Å². The third-order valence-corrected chi connectivity index (χ3v) is 11.6. The molecular weight excluding hydrogens is 719 g/mol. The number of benzene rings is 1. The van der Waals surface area contributed by atoms with Crippen molar-refractivity contribution < 1.29 is 32.3 Å². The molecule has 3 aliphatic rings. The first kappa shape index (κ1) is 43.3. The van der Waals surface area contributed by atoms with Gasteiger partial charge in [-0.2, -0.15) is 0 Å². The third kappa shape index (κ3) is 13.4. The minimum absolute atomic E-state index is 0.00389. The van der Waals surface area contributed by atoms with E-state index in [0.717, 1.165) is 71.9 Å². The predicted octanol–water partition coefficient (Wildman–Crippen LogP) is 5.58. The molecule has 1 saturated heterocycles. The molecule has 15 heteroatoms. The van der Waals surface area contributed by atoms with Gasteiger partial charge in [0.1, 0.15) is 16.9 Å². The van der Waals surface area contributed by atoms with E-state index >= 15 is 0 Å². The van der Waals surface area contributed by atoms with Gasteiger partial charge in [0.15, 0.2) is 5.43 Å². The number of carbonyl (C=O) groups is 3. The van der Waals surface area contributed by atoms with E-state index in [4.69, 9.17) is 9.47 Å². The number of aromatic nitrogens is 2. The summed E-state index contributed by atoms with van der Waals surface area (Å²) in [5.74, 6) is 1.28. The number of hydrogen-bond donors (Lipinski definition) is 3. The molecule has 3 heterocycles. The number of nitrogens with one attached hydrogen (secondary N) is 3. The Bertz CT molecular complexity index is 1830. The molecule has 2 aliphatic carbocycles. The molecule has 2 atom stereocenters. The van der Waals surface area contributed by atoms with Gasteiger partial charge in [-0.1, -0.05) is 19.9 Å². The lowest BCUT2D eigenvalue weighted by molar-refractivity contribution is -0.143. The molecule has 3 fully saturated rings. The van der Waals surface area contributed by atoms with Crippen LogP contribution in [0.2, 0.25) is 0 Å². The van der Waals surface area contributed by atoms with Gasteiger partial charge >= 0.3 is 0 Å². The number of allylic oxidation sites excluding steroid dienone is 1. The molecule has 1 unspecified atom stereocenters. The fourth-order valence-electron chi connectivity index (χ4n) is 5.39. The molecule has 0 bridgehead atoms. The Labute approximate surface area is 317 Å². The molecule has 1 aromatic carbocycles. The Morgan fingerprint density at radius 3 is 2.38 bits per heavy atom. The number of unbranched alkanes of at least 4 members (excludes halogenated alkanes) is 1. The van der Waals surface area contributed by atoms with E-state index < -0.39 is 10.0 Å². The van der Waals surface area contributed by atoms with Crippen molar-refractivity contribution in [2.75, 3.05) is 20.3 Å². The number of nitrogens with zero attached hydrogens (tertiary/aromatic N) is 2. The summed E-state index contributed by atoms with van der Waals surface area (Å²) in [5.41, 5.74) is 3.53. The maximum absolute atomic E-state index is 12.4. The first-order valence-electron chi connectivity index (χ1n) is 18.1. The summed E-state index contributed by atoms with van der Waals surface area (Å²) in [5, 5.41) is 5.89. The highest BCUT2D eigenvalue weighted by atomic mass is 32.2. The Morgan fingerprint density at radius 1 is 1.15 bits per heavy atom. The second-order valence-corrected chi connectivity index (χ2v) is 16.5. The van der Waals surface area contributed by atoms with Crippen LogP contribution in [0.25, 0.3) is 21.6 Å². The average Bonchev–Trinajstić information content (AvgIpc) is 4.06. The topological polar surface area (TPSA) is 177 Å². The molecule has 1 aliphatic heterocycles. The number of amides is 3. The second-order valence-electron chi connectivity index (χ2n) is 13.6. The van der Waals surface area contributed by atoms with Crippen LogP contribution in [0, 0.1) is 6.92 Å². The van der Waals surface area contributed by atoms with Crippen LogP contribution in [-0.2, 0) is 29.1 Å². The molecule has 13 nitrogen and oxygen atoms in total. The van der Waals surface area contributed by atoms with E-state index in [1.807, 2.05) is 36.3 Å². The monoisotopic (exact) mass is 773 g/mol. The SMILES string of the molecule is C=CCCCO[C@H](C)C(=O)N1CCCC1C.COc1ccc2c(=O)cc(-c3nc(C(C)C)cs3)[nH]c2c1C.O=CNC1CC1.O=CNS(=O)(=O)C1CC1. The molecule has 2 saturated carbocycles. The molecule has 6 rings (SSSR count). The highest BCUT2D eigenvalue weighted by molar-refractivity contribution is 7.90. The van der Waals surface area contributed by atoms with Gasteiger partial charge in [-0.15, -0.1) is 17.9 Å². The molecule has 0 spiro atoms. The number of rotatable bonds is 14. The number of aryl methyl sites for hydroxylation is 1. The Hall–Kier alpha value is -4.08. The molecule has 53 heavy (non-hydrogen) atoms. The fraction of sp³-hybridized carbons (Fsp3) is 0.553. The first-order chi connectivity index (χ1) is 25.3. The minimum Gasteiger partial charge on any atom is -0.496 e. The Kier molecular flexibility index (Phi) is 17.1. The average molecular weight is 774 g/mol. The highest BCUT2D eigenvalue weighted by Crippen LogP contribution is 2.29. The van der Waals surface area contributed by atoms with Crippen molar-refractivity contribution in [3.8, 4) is 16.5 Å². The van der Waals surface area contributed by atoms with Gasteiger partial charge < -0.3 is 24.7 Å². The van der Waals surface area contributed by atoms with Gasteiger partial charge in [-0.25, -0.2) is 13.4 Å². The summed E-state index contributed by atoms with van der Waals surface area (Å²) in [6.07, 6.45) is 10.4. The van der Waals surface area contributed by atoms with Crippen molar-refractivity contribution in [3.63, 3.8) is 0 Å². The van der Waals surface area contributed by atoms with E-state index in [0.29, 0.717) is 42.8 Å². The number of hydrogen-bond acceptors (Lipinski definition) is 10. The van der Waals surface area contributed by atoms with Crippen molar-refractivity contribution in [2.24, 2.45) is 0 Å². The zero-order valence-corrected chi connectivity index (χ0v) is 33.3. The molecular formula is C38H55N5O8S2. The van der Waals surface area contributed by atoms with Gasteiger partial charge in [0.05, 0.1) is 29.3 Å². The summed E-state index contributed by atoms with van der Waals surface area (Å²) in [6.45, 7) is 15.3. The van der Waals surface area contributed by atoms with E-state index in [1.165, 1.54) is 12.8 Å². The number of likely N-dealkylation sites (tertiary alicyclic amines) is 1. The molecule has 3 N–H and O–H groups in total. The number of carbonyl (C=O) groups excluding carboxylic acids is 3. The molecule has 0 radical (unpaired) electrons. The number of sulfonamides is 1. The number of ether oxygens (including phenoxy) is 2. The zero-order chi connectivity index (χ0) is 39.1. The maximum Gasteiger partial charge on any atom is 0.251 e. The lowest BCUT2D eigenvalue weighted by atomic mass is 10.1. The van der Waals surface area contributed by atoms with Gasteiger partial charge in [-0.05, 0) is 90.2 Å². The fourth-order valence-corrected chi connectivity index (χ4v) is 7.43. The smallest absolute Gasteiger partial charge is 0.251 e. The largest absolute Gasteiger partial charge is 0.496 e. The zero-order valence-electron chi connectivity index (χ0n) is 31.7. The first-order valence-corrected chi connectivity index (χ1v) is 20.5. The predicted molar refractivity (Wildman–Crippen MR) is 210 cm³/mol. The quantitative estimate of drug-likeness (QED) is 0.107. The highest BCUT2D eigenvalue weighted by Gasteiger charge is 2.35. The van der Waals surface area contributed by atoms with Crippen molar-refractivity contribution in [1.29, 1.82) is 0 Å². The molecule has 292 valence electrons. The second kappa shape index (κ2) is 21.0. The number of fused-ring (bicyclic) bond motifs is 1. The normalized spacial score (nSPS) is 16.9. The van der Waals surface area contributed by atoms with E-state index in [1.54, 1.807) is 35.3 Å². The van der Waals surface area contributed by atoms with Crippen LogP contribution in [0.1, 0.15) is 96.2 Å². The number of H-pyrrole nitrogens is 1. The van der Waals surface area contributed by atoms with Crippen molar-refractivity contribution in [2.45, 2.75) is 115 Å². The molecule has 3 aromatic rings. The van der Waals surface area contributed by atoms with E-state index in [2.05, 4.69) is 42.6 Å². The number of aromatic amines is 1. The molecule has 3 amide bonds. The molecule has 2 aromatic heterocycles. The number of methoxy groups -OCH3 is 1. The summed E-state index contributed by atoms with van der Waals surface area (Å²) >= 11 is 1.55. The Balaban J connectivity index is 0.000000212. The van der Waals surface area contributed by atoms with Crippen LogP contribution >= 0.6 is 11.3 Å². The van der Waals surface area contributed by atoms with Crippen LogP contribution < -0.4 is 20.2 Å². The van der Waals surface area contributed by atoms with Gasteiger partial charge in [0.25, 0.3) is 5.91 Å². The van der Waals surface area contributed by atoms with Gasteiger partial charge in [0.2, 0.25) is 22.8 Å². The van der Waals surface area contributed by atoms with Crippen LogP contribution in [0.5, 0.6) is 5.75 Å². The van der Waals surface area contributed by atoms with Crippen molar-refractivity contribution >= 4 is 51.0 Å². The van der Waals surface area contributed by atoms with Crippen molar-refractivity contribution in [3.05, 3.63) is 57.7 Å². The van der Waals surface area contributed by atoms with Crippen LogP contribution in [0.3, 0.4) is 0 Å². The van der Waals surface area contributed by atoms with Gasteiger partial charge in [0, 0.05) is 47.6 Å². The van der Waals surface area contributed by atoms with E-state index in [9.17, 15) is 27.6 Å². The van der Waals surface area contributed by atoms with E-state index in [-0.39, 0.29) is 29.1 Å². The number of pyridine rings is 1. The standard InChI is InChI=1S/C17H18N2O2S.C13H23NO2.C4H7NO3S.C4H7NO/c1-9(2)13-8-22-17(19-13)12-7-14(20)11-5-6-15(21-4)10(3)16(11)18-12;1-4-5-6-10-16-12(3)13(15)14-9-7-8-11(14)2;6-3-5-9(7,8)4-1-2-4;6-3-5-4-1-2-4/h5-9H,1-4H3,(H,18,20);4,11-12H,1,5-10H2,2-3H3;3-4H,1-2H2,(H,5,6);3-4H,1-2H2,(H,5,6)/t;11?,12-;;/m.1../s1. The van der Waals surface area contributed by atoms with Crippen LogP contribution in [-0.4, -0.2) is 85.7 Å². The summed E-state index contributed by atoms with van der Waals surface area (Å²) < 4.78 is 33.9. The lowest BCUT2D eigenvalue weighted by Crippen LogP contribution is -2.41.